The van der Waals surface area contributed by atoms with Crippen molar-refractivity contribution in [3.8, 4) is 5.75 Å². The van der Waals surface area contributed by atoms with Crippen molar-refractivity contribution >= 4 is 40.8 Å². The van der Waals surface area contributed by atoms with Gasteiger partial charge in [0.2, 0.25) is 0 Å². The van der Waals surface area contributed by atoms with E-state index in [1.165, 1.54) is 0 Å². The highest BCUT2D eigenvalue weighted by atomic mass is 35.5. The molecule has 0 atom stereocenters. The number of hydrogen-bond acceptors (Lipinski definition) is 3. The monoisotopic (exact) mass is 358 g/mol. The van der Waals surface area contributed by atoms with Gasteiger partial charge in [-0.2, -0.15) is 0 Å². The van der Waals surface area contributed by atoms with E-state index in [0.29, 0.717) is 20.8 Å². The van der Waals surface area contributed by atoms with Gasteiger partial charge in [0.1, 0.15) is 12.4 Å². The van der Waals surface area contributed by atoms with E-state index in [1.54, 1.807) is 36.4 Å². The molecule has 0 spiro atoms. The van der Waals surface area contributed by atoms with Crippen molar-refractivity contribution in [3.63, 3.8) is 0 Å². The summed E-state index contributed by atoms with van der Waals surface area (Å²) in [5.74, 6) is 0.122. The Hall–Kier alpha value is -1.42. The maximum Gasteiger partial charge on any atom is 0.344 e. The van der Waals surface area contributed by atoms with Gasteiger partial charge in [-0.3, -0.25) is 0 Å². The second-order valence-electron chi connectivity index (χ2n) is 4.61. The number of carbonyl (C=O) groups excluding carboxylic acids is 1. The van der Waals surface area contributed by atoms with Crippen LogP contribution in [0.15, 0.2) is 36.4 Å². The number of ether oxygens (including phenoxy) is 2. The molecule has 0 aliphatic heterocycles. The first-order valence-electron chi connectivity index (χ1n) is 6.44. The van der Waals surface area contributed by atoms with Crippen LogP contribution in [0.2, 0.25) is 15.1 Å². The first-order valence-corrected chi connectivity index (χ1v) is 7.57. The van der Waals surface area contributed by atoms with Gasteiger partial charge in [-0.1, -0.05) is 40.9 Å². The molecule has 0 saturated carbocycles. The number of hydrogen-bond donors (Lipinski definition) is 0. The molecule has 0 aliphatic carbocycles. The molecule has 22 heavy (non-hydrogen) atoms. The highest BCUT2D eigenvalue weighted by Gasteiger charge is 2.08. The Kier molecular flexibility index (Phi) is 5.95. The third-order valence-electron chi connectivity index (χ3n) is 2.87. The van der Waals surface area contributed by atoms with Gasteiger partial charge in [0.25, 0.3) is 0 Å². The molecule has 0 fully saturated rings. The number of benzene rings is 2. The number of esters is 1. The summed E-state index contributed by atoms with van der Waals surface area (Å²) in [6.45, 7) is 1.78. The zero-order valence-electron chi connectivity index (χ0n) is 11.7. The highest BCUT2D eigenvalue weighted by Crippen LogP contribution is 2.23. The van der Waals surface area contributed by atoms with Gasteiger partial charge in [-0.05, 0) is 48.4 Å². The van der Waals surface area contributed by atoms with E-state index in [-0.39, 0.29) is 13.2 Å². The van der Waals surface area contributed by atoms with E-state index in [9.17, 15) is 4.79 Å². The zero-order chi connectivity index (χ0) is 16.1. The first-order chi connectivity index (χ1) is 10.5. The van der Waals surface area contributed by atoms with Crippen LogP contribution in [0.4, 0.5) is 0 Å². The lowest BCUT2D eigenvalue weighted by Gasteiger charge is -2.09. The van der Waals surface area contributed by atoms with Gasteiger partial charge < -0.3 is 9.47 Å². The lowest BCUT2D eigenvalue weighted by molar-refractivity contribution is -0.147. The van der Waals surface area contributed by atoms with Crippen LogP contribution in [0.1, 0.15) is 11.1 Å². The Morgan fingerprint density at radius 3 is 2.50 bits per heavy atom. The molecule has 0 aromatic heterocycles. The van der Waals surface area contributed by atoms with Crippen molar-refractivity contribution in [2.75, 3.05) is 6.61 Å². The van der Waals surface area contributed by atoms with Crippen molar-refractivity contribution in [3.05, 3.63) is 62.6 Å². The molecular weight excluding hydrogens is 347 g/mol. The number of carbonyl (C=O) groups is 1. The molecular formula is C16H13Cl3O3. The van der Waals surface area contributed by atoms with Crippen LogP contribution in [0.25, 0.3) is 0 Å². The lowest BCUT2D eigenvalue weighted by atomic mass is 10.2. The summed E-state index contributed by atoms with van der Waals surface area (Å²) in [6.07, 6.45) is 0. The molecule has 6 heteroatoms. The minimum atomic E-state index is -0.472. The van der Waals surface area contributed by atoms with Crippen LogP contribution in [0.3, 0.4) is 0 Å². The third kappa shape index (κ3) is 4.80. The average Bonchev–Trinajstić information content (AvgIpc) is 2.47. The van der Waals surface area contributed by atoms with Crippen LogP contribution in [-0.4, -0.2) is 12.6 Å². The molecule has 116 valence electrons. The van der Waals surface area contributed by atoms with Gasteiger partial charge in [0, 0.05) is 5.02 Å². The Bertz CT molecular complexity index is 686. The number of aryl methyl sites for hydroxylation is 1. The van der Waals surface area contributed by atoms with E-state index in [1.807, 2.05) is 6.92 Å². The first kappa shape index (κ1) is 16.9. The summed E-state index contributed by atoms with van der Waals surface area (Å²) in [5, 5.41) is 1.49. The number of rotatable bonds is 5. The number of halogens is 3. The fourth-order valence-corrected chi connectivity index (χ4v) is 2.29. The molecule has 3 nitrogen and oxygen atoms in total. The zero-order valence-corrected chi connectivity index (χ0v) is 14.0. The predicted molar refractivity (Wildman–Crippen MR) is 87.9 cm³/mol. The molecule has 2 rings (SSSR count). The van der Waals surface area contributed by atoms with E-state index >= 15 is 0 Å². The smallest absolute Gasteiger partial charge is 0.344 e. The summed E-state index contributed by atoms with van der Waals surface area (Å²) in [5.41, 5.74) is 1.61. The molecule has 0 bridgehead atoms. The van der Waals surface area contributed by atoms with Gasteiger partial charge in [-0.25, -0.2) is 4.79 Å². The fourth-order valence-electron chi connectivity index (χ4n) is 1.75. The van der Waals surface area contributed by atoms with E-state index in [2.05, 4.69) is 0 Å². The topological polar surface area (TPSA) is 35.5 Å². The SMILES string of the molecule is Cc1cc(Cl)ccc1OCC(=O)OCc1ccc(Cl)c(Cl)c1. The summed E-state index contributed by atoms with van der Waals surface area (Å²) in [6, 6.07) is 10.2. The summed E-state index contributed by atoms with van der Waals surface area (Å²) in [7, 11) is 0. The molecule has 0 radical (unpaired) electrons. The van der Waals surface area contributed by atoms with Crippen LogP contribution in [-0.2, 0) is 16.1 Å². The highest BCUT2D eigenvalue weighted by molar-refractivity contribution is 6.42. The maximum absolute atomic E-state index is 11.7. The molecule has 0 heterocycles. The Morgan fingerprint density at radius 1 is 1.05 bits per heavy atom. The van der Waals surface area contributed by atoms with Gasteiger partial charge >= 0.3 is 5.97 Å². The second kappa shape index (κ2) is 7.73. The van der Waals surface area contributed by atoms with E-state index in [4.69, 9.17) is 44.3 Å². The fraction of sp³-hybridized carbons (Fsp3) is 0.188. The van der Waals surface area contributed by atoms with Crippen LogP contribution in [0.5, 0.6) is 5.75 Å². The van der Waals surface area contributed by atoms with Crippen LogP contribution < -0.4 is 4.74 Å². The molecule has 0 N–H and O–H groups in total. The van der Waals surface area contributed by atoms with E-state index < -0.39 is 5.97 Å². The molecule has 0 aliphatic rings. The molecule has 2 aromatic carbocycles. The van der Waals surface area contributed by atoms with Crippen molar-refractivity contribution in [1.29, 1.82) is 0 Å². The molecule has 2 aromatic rings. The molecule has 0 unspecified atom stereocenters. The minimum absolute atomic E-state index is 0.110. The second-order valence-corrected chi connectivity index (χ2v) is 5.86. The standard InChI is InChI=1S/C16H13Cl3O3/c1-10-6-12(17)3-5-15(10)21-9-16(20)22-8-11-2-4-13(18)14(19)7-11/h2-7H,8-9H2,1H3. The third-order valence-corrected chi connectivity index (χ3v) is 3.84. The molecule has 0 amide bonds. The molecule has 0 saturated heterocycles. The average molecular weight is 360 g/mol. The van der Waals surface area contributed by atoms with Crippen LogP contribution >= 0.6 is 34.8 Å². The largest absolute Gasteiger partial charge is 0.482 e. The van der Waals surface area contributed by atoms with Gasteiger partial charge in [0.05, 0.1) is 10.0 Å². The van der Waals surface area contributed by atoms with Crippen molar-refractivity contribution in [2.24, 2.45) is 0 Å². The lowest BCUT2D eigenvalue weighted by Crippen LogP contribution is -2.15. The van der Waals surface area contributed by atoms with Gasteiger partial charge in [-0.15, -0.1) is 0 Å². The quantitative estimate of drug-likeness (QED) is 0.699. The Morgan fingerprint density at radius 2 is 1.82 bits per heavy atom. The minimum Gasteiger partial charge on any atom is -0.482 e. The maximum atomic E-state index is 11.7. The Balaban J connectivity index is 1.84. The summed E-state index contributed by atoms with van der Waals surface area (Å²) < 4.78 is 10.5. The van der Waals surface area contributed by atoms with Crippen LogP contribution in [0, 0.1) is 6.92 Å². The van der Waals surface area contributed by atoms with Gasteiger partial charge in [0.15, 0.2) is 6.61 Å². The normalized spacial score (nSPS) is 10.4. The Labute approximate surface area is 143 Å². The predicted octanol–water partition coefficient (Wildman–Crippen LogP) is 5.08. The van der Waals surface area contributed by atoms with Crippen molar-refractivity contribution < 1.29 is 14.3 Å². The van der Waals surface area contributed by atoms with Crippen molar-refractivity contribution in [1.82, 2.24) is 0 Å². The van der Waals surface area contributed by atoms with Crippen molar-refractivity contribution in [2.45, 2.75) is 13.5 Å². The summed E-state index contributed by atoms with van der Waals surface area (Å²) >= 11 is 17.6. The van der Waals surface area contributed by atoms with E-state index in [0.717, 1.165) is 11.1 Å². The summed E-state index contributed by atoms with van der Waals surface area (Å²) in [4.78, 5) is 11.7.